The lowest BCUT2D eigenvalue weighted by Crippen LogP contribution is -2.32. The van der Waals surface area contributed by atoms with Gasteiger partial charge >= 0.3 is 0 Å². The number of ether oxygens (including phenoxy) is 3. The third kappa shape index (κ3) is 7.74. The van der Waals surface area contributed by atoms with Crippen LogP contribution in [0.15, 0.2) is 47.4 Å². The van der Waals surface area contributed by atoms with Crippen LogP contribution < -0.4 is 24.7 Å². The monoisotopic (exact) mass is 444 g/mol. The van der Waals surface area contributed by atoms with Crippen LogP contribution in [-0.4, -0.2) is 41.3 Å². The molecule has 2 rings (SSSR count). The topological polar surface area (TPSA) is 99.9 Å². The number of benzene rings is 2. The standard InChI is InChI=1S/C20H28N2O5S.ClH/c1-4-26-17-7-5-6-8-18(17)27-12-11-22-15(2)13-16-9-10-19(25-3)20(14-16)28(21,23)24;/h5-10,14-15,22H,4,11-13H2,1-3H3,(H2,21,23,24);1H/t15-;/m0./s1. The Hall–Kier alpha value is -2.00. The fourth-order valence-electron chi connectivity index (χ4n) is 2.81. The van der Waals surface area contributed by atoms with Gasteiger partial charge < -0.3 is 19.5 Å². The van der Waals surface area contributed by atoms with Crippen LogP contribution in [0.5, 0.6) is 17.2 Å². The van der Waals surface area contributed by atoms with E-state index in [1.165, 1.54) is 7.11 Å². The van der Waals surface area contributed by atoms with E-state index in [-0.39, 0.29) is 29.1 Å². The molecule has 0 bridgehead atoms. The van der Waals surface area contributed by atoms with E-state index < -0.39 is 10.0 Å². The maximum absolute atomic E-state index is 11.7. The summed E-state index contributed by atoms with van der Waals surface area (Å²) in [6, 6.07) is 12.7. The first-order valence-corrected chi connectivity index (χ1v) is 10.7. The van der Waals surface area contributed by atoms with E-state index in [0.29, 0.717) is 31.9 Å². The van der Waals surface area contributed by atoms with Crippen molar-refractivity contribution in [3.63, 3.8) is 0 Å². The summed E-state index contributed by atoms with van der Waals surface area (Å²) in [5.74, 6) is 1.69. The molecule has 7 nitrogen and oxygen atoms in total. The van der Waals surface area contributed by atoms with Crippen molar-refractivity contribution in [2.24, 2.45) is 5.14 Å². The second-order valence-corrected chi connectivity index (χ2v) is 7.85. The SMILES string of the molecule is CCOc1ccccc1OCCN[C@@H](C)Cc1ccc(OC)c(S(N)(=O)=O)c1.Cl. The molecule has 0 fully saturated rings. The number of para-hydroxylation sites is 2. The maximum atomic E-state index is 11.7. The summed E-state index contributed by atoms with van der Waals surface area (Å²) in [7, 11) is -2.43. The highest BCUT2D eigenvalue weighted by atomic mass is 35.5. The molecule has 0 saturated carbocycles. The summed E-state index contributed by atoms with van der Waals surface area (Å²) < 4.78 is 39.9. The van der Waals surface area contributed by atoms with E-state index >= 15 is 0 Å². The van der Waals surface area contributed by atoms with Gasteiger partial charge in [0.1, 0.15) is 17.3 Å². The first-order valence-electron chi connectivity index (χ1n) is 9.13. The molecule has 1 atom stereocenters. The molecule has 0 aliphatic heterocycles. The average Bonchev–Trinajstić information content (AvgIpc) is 2.66. The molecule has 29 heavy (non-hydrogen) atoms. The second kappa shape index (κ2) is 11.9. The zero-order valence-corrected chi connectivity index (χ0v) is 18.5. The molecule has 162 valence electrons. The number of halogens is 1. The summed E-state index contributed by atoms with van der Waals surface area (Å²) in [6.07, 6.45) is 0.641. The minimum atomic E-state index is -3.84. The van der Waals surface area contributed by atoms with Crippen LogP contribution in [0.2, 0.25) is 0 Å². The fourth-order valence-corrected chi connectivity index (χ4v) is 3.55. The maximum Gasteiger partial charge on any atom is 0.241 e. The van der Waals surface area contributed by atoms with Gasteiger partial charge in [-0.15, -0.1) is 12.4 Å². The predicted molar refractivity (Wildman–Crippen MR) is 116 cm³/mol. The van der Waals surface area contributed by atoms with E-state index in [4.69, 9.17) is 19.3 Å². The lowest BCUT2D eigenvalue weighted by atomic mass is 10.1. The van der Waals surface area contributed by atoms with E-state index in [9.17, 15) is 8.42 Å². The predicted octanol–water partition coefficient (Wildman–Crippen LogP) is 2.76. The molecule has 0 aliphatic carbocycles. The van der Waals surface area contributed by atoms with E-state index in [1.807, 2.05) is 44.2 Å². The van der Waals surface area contributed by atoms with Gasteiger partial charge in [0.25, 0.3) is 0 Å². The molecule has 0 unspecified atom stereocenters. The van der Waals surface area contributed by atoms with Crippen LogP contribution in [0.25, 0.3) is 0 Å². The van der Waals surface area contributed by atoms with E-state index in [1.54, 1.807) is 12.1 Å². The van der Waals surface area contributed by atoms with Gasteiger partial charge in [0.05, 0.1) is 13.7 Å². The average molecular weight is 445 g/mol. The lowest BCUT2D eigenvalue weighted by molar-refractivity contribution is 0.272. The highest BCUT2D eigenvalue weighted by molar-refractivity contribution is 7.89. The molecule has 0 heterocycles. The van der Waals surface area contributed by atoms with Crippen molar-refractivity contribution in [2.45, 2.75) is 31.2 Å². The number of methoxy groups -OCH3 is 1. The van der Waals surface area contributed by atoms with E-state index in [0.717, 1.165) is 11.3 Å². The van der Waals surface area contributed by atoms with Crippen molar-refractivity contribution in [3.05, 3.63) is 48.0 Å². The highest BCUT2D eigenvalue weighted by Crippen LogP contribution is 2.26. The Morgan fingerprint density at radius 1 is 1.07 bits per heavy atom. The first kappa shape index (κ1) is 25.0. The normalized spacial score (nSPS) is 12.0. The van der Waals surface area contributed by atoms with Gasteiger partial charge in [-0.1, -0.05) is 18.2 Å². The van der Waals surface area contributed by atoms with Gasteiger partial charge in [0, 0.05) is 12.6 Å². The zero-order chi connectivity index (χ0) is 20.6. The molecule has 0 saturated heterocycles. The first-order chi connectivity index (χ1) is 13.3. The summed E-state index contributed by atoms with van der Waals surface area (Å²) in [4.78, 5) is -0.00411. The van der Waals surface area contributed by atoms with Gasteiger partial charge in [-0.05, 0) is 50.1 Å². The Bertz CT molecular complexity index is 877. The molecular formula is C20H29ClN2O5S. The van der Waals surface area contributed by atoms with Crippen LogP contribution in [0, 0.1) is 0 Å². The van der Waals surface area contributed by atoms with Crippen LogP contribution in [0.3, 0.4) is 0 Å². The van der Waals surface area contributed by atoms with Gasteiger partial charge in [-0.25, -0.2) is 13.6 Å². The third-order valence-corrected chi connectivity index (χ3v) is 5.01. The number of sulfonamides is 1. The van der Waals surface area contributed by atoms with Crippen LogP contribution in [0.4, 0.5) is 0 Å². The number of rotatable bonds is 11. The smallest absolute Gasteiger partial charge is 0.241 e. The quantitative estimate of drug-likeness (QED) is 0.517. The number of hydrogen-bond acceptors (Lipinski definition) is 6. The molecule has 0 spiro atoms. The number of primary sulfonamides is 1. The molecule has 2 aromatic carbocycles. The molecule has 0 radical (unpaired) electrons. The minimum absolute atomic E-state index is 0. The number of nitrogens with two attached hydrogens (primary N) is 1. The Kier molecular flexibility index (Phi) is 10.2. The zero-order valence-electron chi connectivity index (χ0n) is 16.9. The van der Waals surface area contributed by atoms with Crippen molar-refractivity contribution >= 4 is 22.4 Å². The second-order valence-electron chi connectivity index (χ2n) is 6.32. The molecule has 0 amide bonds. The number of nitrogens with one attached hydrogen (secondary N) is 1. The van der Waals surface area contributed by atoms with Crippen LogP contribution in [0.1, 0.15) is 19.4 Å². The molecule has 0 aromatic heterocycles. The highest BCUT2D eigenvalue weighted by Gasteiger charge is 2.16. The molecule has 0 aliphatic rings. The Balaban J connectivity index is 0.00000420. The van der Waals surface area contributed by atoms with Gasteiger partial charge in [0.15, 0.2) is 11.5 Å². The Morgan fingerprint density at radius 2 is 1.72 bits per heavy atom. The van der Waals surface area contributed by atoms with Crippen LogP contribution >= 0.6 is 12.4 Å². The van der Waals surface area contributed by atoms with E-state index in [2.05, 4.69) is 5.32 Å². The van der Waals surface area contributed by atoms with Crippen molar-refractivity contribution in [2.75, 3.05) is 26.9 Å². The largest absolute Gasteiger partial charge is 0.495 e. The lowest BCUT2D eigenvalue weighted by Gasteiger charge is -2.16. The summed E-state index contributed by atoms with van der Waals surface area (Å²) in [5.41, 5.74) is 0.854. The summed E-state index contributed by atoms with van der Waals surface area (Å²) in [6.45, 7) is 5.66. The van der Waals surface area contributed by atoms with Crippen molar-refractivity contribution in [1.29, 1.82) is 0 Å². The number of hydrogen-bond donors (Lipinski definition) is 2. The summed E-state index contributed by atoms with van der Waals surface area (Å²) >= 11 is 0. The van der Waals surface area contributed by atoms with Gasteiger partial charge in [-0.3, -0.25) is 0 Å². The Morgan fingerprint density at radius 3 is 2.31 bits per heavy atom. The fraction of sp³-hybridized carbons (Fsp3) is 0.400. The Labute approximate surface area is 179 Å². The summed E-state index contributed by atoms with van der Waals surface area (Å²) in [5, 5.41) is 8.63. The van der Waals surface area contributed by atoms with Gasteiger partial charge in [0.2, 0.25) is 10.0 Å². The minimum Gasteiger partial charge on any atom is -0.495 e. The molecule has 9 heteroatoms. The van der Waals surface area contributed by atoms with Crippen LogP contribution in [-0.2, 0) is 16.4 Å². The third-order valence-electron chi connectivity index (χ3n) is 4.08. The van der Waals surface area contributed by atoms with Crippen molar-refractivity contribution < 1.29 is 22.6 Å². The van der Waals surface area contributed by atoms with Crippen molar-refractivity contribution in [1.82, 2.24) is 5.32 Å². The molecule has 3 N–H and O–H groups in total. The molecule has 2 aromatic rings. The van der Waals surface area contributed by atoms with Gasteiger partial charge in [-0.2, -0.15) is 0 Å². The molecular weight excluding hydrogens is 416 g/mol. The van der Waals surface area contributed by atoms with Crippen molar-refractivity contribution in [3.8, 4) is 17.2 Å².